The molecule has 0 aliphatic carbocycles. The van der Waals surface area contributed by atoms with Gasteiger partial charge in [0, 0.05) is 0 Å². The van der Waals surface area contributed by atoms with E-state index in [2.05, 4.69) is 12.1 Å². The first kappa shape index (κ1) is 22.1. The molecular weight excluding hydrogens is 530 g/mol. The van der Waals surface area contributed by atoms with Crippen molar-refractivity contribution in [3.8, 4) is 22.3 Å². The number of amides is 2. The Bertz CT molecular complexity index is 1200. The van der Waals surface area contributed by atoms with Crippen molar-refractivity contribution in [2.75, 3.05) is 0 Å². The fourth-order valence-electron chi connectivity index (χ4n) is 3.48. The second-order valence-corrected chi connectivity index (χ2v) is 13.2. The van der Waals surface area contributed by atoms with Gasteiger partial charge in [0.1, 0.15) is 0 Å². The maximum atomic E-state index is 12.0. The van der Waals surface area contributed by atoms with Crippen molar-refractivity contribution in [3.63, 3.8) is 0 Å². The van der Waals surface area contributed by atoms with E-state index in [1.807, 2.05) is 72.8 Å². The SMILES string of the molecule is NC(=O)c1ccccc1-c1ccccc1[Se][Se]c1ccccc1-c1ccccc1C(N)=O. The van der Waals surface area contributed by atoms with Crippen molar-refractivity contribution in [2.24, 2.45) is 11.5 Å². The van der Waals surface area contributed by atoms with Gasteiger partial charge in [-0.05, 0) is 0 Å². The van der Waals surface area contributed by atoms with E-state index >= 15 is 0 Å². The van der Waals surface area contributed by atoms with Gasteiger partial charge in [-0.1, -0.05) is 0 Å². The predicted molar refractivity (Wildman–Crippen MR) is 132 cm³/mol. The standard InChI is InChI=1S/C26H20N2O2Se2/c27-25(29)21-13-3-1-9-17(21)19-11-5-7-15-23(19)31-32-24-16-8-6-12-20(24)18-10-2-4-14-22(18)26(28)30/h1-16H,(H2,27,29)(H2,28,30). The van der Waals surface area contributed by atoms with Gasteiger partial charge >= 0.3 is 198 Å². The van der Waals surface area contributed by atoms with Gasteiger partial charge in [0.15, 0.2) is 0 Å². The van der Waals surface area contributed by atoms with Crippen LogP contribution in [0, 0.1) is 0 Å². The molecule has 0 heterocycles. The predicted octanol–water partition coefficient (Wildman–Crippen LogP) is 2.49. The van der Waals surface area contributed by atoms with Crippen LogP contribution in [0.25, 0.3) is 22.3 Å². The van der Waals surface area contributed by atoms with Gasteiger partial charge in [0.2, 0.25) is 0 Å². The normalized spacial score (nSPS) is 10.6. The molecule has 4 N–H and O–H groups in total. The van der Waals surface area contributed by atoms with Crippen LogP contribution in [0.5, 0.6) is 0 Å². The third-order valence-electron chi connectivity index (χ3n) is 4.96. The van der Waals surface area contributed by atoms with Gasteiger partial charge in [0.25, 0.3) is 0 Å². The minimum absolute atomic E-state index is 0.145. The van der Waals surface area contributed by atoms with E-state index in [9.17, 15) is 9.59 Å². The van der Waals surface area contributed by atoms with Gasteiger partial charge < -0.3 is 0 Å². The number of benzene rings is 4. The van der Waals surface area contributed by atoms with Crippen LogP contribution in [0.4, 0.5) is 0 Å². The summed E-state index contributed by atoms with van der Waals surface area (Å²) >= 11 is 0.290. The number of primary amides is 2. The van der Waals surface area contributed by atoms with Crippen LogP contribution in [-0.2, 0) is 0 Å². The number of hydrogen-bond donors (Lipinski definition) is 2. The van der Waals surface area contributed by atoms with Gasteiger partial charge in [-0.25, -0.2) is 0 Å². The molecule has 0 aromatic heterocycles. The van der Waals surface area contributed by atoms with Crippen LogP contribution >= 0.6 is 0 Å². The average molecular weight is 550 g/mol. The molecule has 4 nitrogen and oxygen atoms in total. The summed E-state index contributed by atoms with van der Waals surface area (Å²) in [6.45, 7) is 0. The molecule has 0 fully saturated rings. The molecule has 0 aliphatic heterocycles. The quantitative estimate of drug-likeness (QED) is 0.347. The van der Waals surface area contributed by atoms with Gasteiger partial charge in [-0.3, -0.25) is 0 Å². The second kappa shape index (κ2) is 9.99. The Morgan fingerprint density at radius 3 is 1.16 bits per heavy atom. The molecule has 158 valence electrons. The van der Waals surface area contributed by atoms with Crippen molar-refractivity contribution >= 4 is 47.0 Å². The van der Waals surface area contributed by atoms with E-state index in [4.69, 9.17) is 11.5 Å². The first-order chi connectivity index (χ1) is 15.6. The Hall–Kier alpha value is -3.14. The van der Waals surface area contributed by atoms with Crippen molar-refractivity contribution in [3.05, 3.63) is 108 Å². The molecular formula is C26H20N2O2Se2. The zero-order valence-corrected chi connectivity index (χ0v) is 20.5. The maximum absolute atomic E-state index is 12.0. The number of hydrogen-bond acceptors (Lipinski definition) is 2. The van der Waals surface area contributed by atoms with E-state index in [0.29, 0.717) is 11.1 Å². The first-order valence-electron chi connectivity index (χ1n) is 9.87. The van der Waals surface area contributed by atoms with Crippen LogP contribution < -0.4 is 20.4 Å². The average Bonchev–Trinajstić information content (AvgIpc) is 2.83. The molecule has 2 amide bonds. The van der Waals surface area contributed by atoms with Crippen molar-refractivity contribution in [1.82, 2.24) is 0 Å². The molecule has 0 spiro atoms. The van der Waals surface area contributed by atoms with Crippen molar-refractivity contribution in [1.29, 1.82) is 0 Å². The molecule has 6 heteroatoms. The topological polar surface area (TPSA) is 86.2 Å². The Labute approximate surface area is 197 Å². The van der Waals surface area contributed by atoms with E-state index in [1.54, 1.807) is 12.1 Å². The third-order valence-corrected chi connectivity index (χ3v) is 12.2. The molecule has 0 radical (unpaired) electrons. The molecule has 4 aromatic carbocycles. The zero-order chi connectivity index (χ0) is 22.5. The van der Waals surface area contributed by atoms with Gasteiger partial charge in [-0.15, -0.1) is 0 Å². The number of rotatable bonds is 7. The van der Waals surface area contributed by atoms with E-state index in [0.717, 1.165) is 22.3 Å². The fraction of sp³-hybridized carbons (Fsp3) is 0. The summed E-state index contributed by atoms with van der Waals surface area (Å²) in [6.07, 6.45) is 0. The molecule has 32 heavy (non-hydrogen) atoms. The number of carbonyl (C=O) groups excluding carboxylic acids is 2. The Morgan fingerprint density at radius 2 is 0.781 bits per heavy atom. The third kappa shape index (κ3) is 4.69. The minimum atomic E-state index is -0.429. The monoisotopic (exact) mass is 552 g/mol. The summed E-state index contributed by atoms with van der Waals surface area (Å²) in [5, 5.41) is 0. The van der Waals surface area contributed by atoms with E-state index in [-0.39, 0.29) is 26.3 Å². The second-order valence-electron chi connectivity index (χ2n) is 6.98. The zero-order valence-electron chi connectivity index (χ0n) is 17.0. The van der Waals surface area contributed by atoms with Gasteiger partial charge in [-0.2, -0.15) is 0 Å². The summed E-state index contributed by atoms with van der Waals surface area (Å²) in [6, 6.07) is 31.3. The van der Waals surface area contributed by atoms with Crippen LogP contribution in [0.3, 0.4) is 0 Å². The molecule has 0 aliphatic rings. The summed E-state index contributed by atoms with van der Waals surface area (Å²) in [4.78, 5) is 23.9. The van der Waals surface area contributed by atoms with Crippen LogP contribution in [0.1, 0.15) is 20.7 Å². The molecule has 4 rings (SSSR count). The van der Waals surface area contributed by atoms with E-state index in [1.165, 1.54) is 8.92 Å². The van der Waals surface area contributed by atoms with Gasteiger partial charge in [0.05, 0.1) is 0 Å². The molecule has 0 saturated carbocycles. The number of carbonyl (C=O) groups is 2. The Balaban J connectivity index is 1.70. The fourth-order valence-corrected chi connectivity index (χ4v) is 10.7. The Kier molecular flexibility index (Phi) is 6.89. The number of nitrogens with two attached hydrogens (primary N) is 2. The van der Waals surface area contributed by atoms with Crippen LogP contribution in [0.2, 0.25) is 0 Å². The summed E-state index contributed by atoms with van der Waals surface area (Å²) in [5.74, 6) is -0.858. The van der Waals surface area contributed by atoms with Crippen LogP contribution in [0.15, 0.2) is 97.1 Å². The van der Waals surface area contributed by atoms with E-state index < -0.39 is 11.8 Å². The first-order valence-corrected chi connectivity index (χ1v) is 15.9. The summed E-state index contributed by atoms with van der Waals surface area (Å²) < 4.78 is 2.43. The molecule has 4 aromatic rings. The van der Waals surface area contributed by atoms with Crippen molar-refractivity contribution in [2.45, 2.75) is 0 Å². The molecule has 0 bridgehead atoms. The summed E-state index contributed by atoms with van der Waals surface area (Å²) in [7, 11) is 0. The summed E-state index contributed by atoms with van der Waals surface area (Å²) in [5.41, 5.74) is 16.1. The molecule has 0 saturated heterocycles. The molecule has 0 atom stereocenters. The van der Waals surface area contributed by atoms with Crippen LogP contribution in [-0.4, -0.2) is 38.1 Å². The van der Waals surface area contributed by atoms with Crippen molar-refractivity contribution < 1.29 is 9.59 Å². The Morgan fingerprint density at radius 1 is 0.469 bits per heavy atom. The molecule has 0 unspecified atom stereocenters.